The van der Waals surface area contributed by atoms with E-state index in [4.69, 9.17) is 4.74 Å². The van der Waals surface area contributed by atoms with Gasteiger partial charge in [-0.25, -0.2) is 0 Å². The van der Waals surface area contributed by atoms with Crippen molar-refractivity contribution in [2.75, 3.05) is 13.1 Å². The predicted octanol–water partition coefficient (Wildman–Crippen LogP) is 2.35. The molecule has 3 unspecified atom stereocenters. The Morgan fingerprint density at radius 2 is 2.12 bits per heavy atom. The number of esters is 1. The number of hydrogen-bond donors (Lipinski definition) is 1. The Morgan fingerprint density at radius 3 is 2.71 bits per heavy atom. The number of nitrogens with one attached hydrogen (secondary N) is 1. The summed E-state index contributed by atoms with van der Waals surface area (Å²) in [7, 11) is 0. The highest BCUT2D eigenvalue weighted by molar-refractivity contribution is 5.73. The van der Waals surface area contributed by atoms with Crippen molar-refractivity contribution in [3.05, 3.63) is 0 Å². The monoisotopic (exact) mass is 239 g/mol. The fourth-order valence-electron chi connectivity index (χ4n) is 3.46. The molecule has 2 fully saturated rings. The van der Waals surface area contributed by atoms with E-state index in [9.17, 15) is 4.79 Å². The molecule has 1 N–H and O–H groups in total. The van der Waals surface area contributed by atoms with Crippen molar-refractivity contribution < 1.29 is 9.53 Å². The average molecular weight is 239 g/mol. The Bertz CT molecular complexity index is 282. The zero-order chi connectivity index (χ0) is 12.5. The van der Waals surface area contributed by atoms with Crippen molar-refractivity contribution in [2.24, 2.45) is 17.3 Å². The standard InChI is InChI=1S/C14H25NO2/c1-10-6-12(8-14(2,3)7-10)17-13(16)11-4-5-15-9-11/h10-12,15H,4-9H2,1-3H3. The lowest BCUT2D eigenvalue weighted by atomic mass is 9.71. The summed E-state index contributed by atoms with van der Waals surface area (Å²) in [6.45, 7) is 8.57. The summed E-state index contributed by atoms with van der Waals surface area (Å²) in [5.41, 5.74) is 0.316. The summed E-state index contributed by atoms with van der Waals surface area (Å²) in [6, 6.07) is 0. The van der Waals surface area contributed by atoms with E-state index in [1.165, 1.54) is 6.42 Å². The normalized spacial score (nSPS) is 36.8. The van der Waals surface area contributed by atoms with Crippen molar-refractivity contribution in [2.45, 2.75) is 52.6 Å². The highest BCUT2D eigenvalue weighted by Crippen LogP contribution is 2.39. The number of carbonyl (C=O) groups is 1. The van der Waals surface area contributed by atoms with Crippen LogP contribution in [0.2, 0.25) is 0 Å². The van der Waals surface area contributed by atoms with Gasteiger partial charge < -0.3 is 10.1 Å². The first-order chi connectivity index (χ1) is 7.96. The van der Waals surface area contributed by atoms with E-state index in [-0.39, 0.29) is 18.0 Å². The molecule has 1 heterocycles. The van der Waals surface area contributed by atoms with E-state index in [0.29, 0.717) is 11.3 Å². The van der Waals surface area contributed by atoms with Crippen molar-refractivity contribution in [1.82, 2.24) is 5.32 Å². The van der Waals surface area contributed by atoms with Gasteiger partial charge in [-0.3, -0.25) is 4.79 Å². The molecule has 2 rings (SSSR count). The minimum Gasteiger partial charge on any atom is -0.462 e. The molecule has 0 spiro atoms. The predicted molar refractivity (Wildman–Crippen MR) is 67.7 cm³/mol. The quantitative estimate of drug-likeness (QED) is 0.752. The Morgan fingerprint density at radius 1 is 1.35 bits per heavy atom. The highest BCUT2D eigenvalue weighted by atomic mass is 16.5. The lowest BCUT2D eigenvalue weighted by Crippen LogP contribution is -2.35. The molecule has 1 saturated carbocycles. The van der Waals surface area contributed by atoms with Gasteiger partial charge in [-0.05, 0) is 43.6 Å². The van der Waals surface area contributed by atoms with Crippen molar-refractivity contribution in [3.63, 3.8) is 0 Å². The number of carbonyl (C=O) groups excluding carboxylic acids is 1. The summed E-state index contributed by atoms with van der Waals surface area (Å²) in [6.07, 6.45) is 4.37. The fourth-order valence-corrected chi connectivity index (χ4v) is 3.46. The molecule has 0 bridgehead atoms. The first kappa shape index (κ1) is 12.9. The Hall–Kier alpha value is -0.570. The van der Waals surface area contributed by atoms with Gasteiger partial charge in [0.2, 0.25) is 0 Å². The van der Waals surface area contributed by atoms with Crippen LogP contribution in [0.15, 0.2) is 0 Å². The van der Waals surface area contributed by atoms with Gasteiger partial charge in [-0.2, -0.15) is 0 Å². The minimum absolute atomic E-state index is 0.0184. The molecule has 2 aliphatic rings. The maximum absolute atomic E-state index is 12.0. The van der Waals surface area contributed by atoms with Gasteiger partial charge in [0.05, 0.1) is 5.92 Å². The summed E-state index contributed by atoms with van der Waals surface area (Å²) < 4.78 is 5.70. The van der Waals surface area contributed by atoms with Crippen LogP contribution in [-0.2, 0) is 9.53 Å². The van der Waals surface area contributed by atoms with E-state index >= 15 is 0 Å². The molecule has 17 heavy (non-hydrogen) atoms. The van der Waals surface area contributed by atoms with Crippen LogP contribution in [0.1, 0.15) is 46.5 Å². The first-order valence-electron chi connectivity index (χ1n) is 6.87. The Balaban J connectivity index is 1.87. The van der Waals surface area contributed by atoms with Gasteiger partial charge in [0.1, 0.15) is 6.10 Å². The number of rotatable bonds is 2. The van der Waals surface area contributed by atoms with E-state index < -0.39 is 0 Å². The third kappa shape index (κ3) is 3.44. The lowest BCUT2D eigenvalue weighted by molar-refractivity contribution is -0.157. The van der Waals surface area contributed by atoms with Crippen LogP contribution in [0.3, 0.4) is 0 Å². The zero-order valence-electron chi connectivity index (χ0n) is 11.3. The molecule has 0 aromatic carbocycles. The van der Waals surface area contributed by atoms with E-state index in [2.05, 4.69) is 26.1 Å². The van der Waals surface area contributed by atoms with E-state index in [1.807, 2.05) is 0 Å². The fraction of sp³-hybridized carbons (Fsp3) is 0.929. The maximum atomic E-state index is 12.0. The van der Waals surface area contributed by atoms with Crippen LogP contribution in [0.5, 0.6) is 0 Å². The van der Waals surface area contributed by atoms with E-state index in [1.54, 1.807) is 0 Å². The molecule has 98 valence electrons. The topological polar surface area (TPSA) is 38.3 Å². The molecule has 0 aromatic rings. The van der Waals surface area contributed by atoms with Crippen LogP contribution in [0, 0.1) is 17.3 Å². The molecule has 1 aliphatic heterocycles. The molecule has 1 aliphatic carbocycles. The van der Waals surface area contributed by atoms with Crippen LogP contribution in [0.4, 0.5) is 0 Å². The second kappa shape index (κ2) is 4.97. The third-order valence-electron chi connectivity index (χ3n) is 4.02. The summed E-state index contributed by atoms with van der Waals surface area (Å²) in [4.78, 5) is 12.0. The molecule has 0 aromatic heterocycles. The minimum atomic E-state index is 0.0184. The molecule has 3 nitrogen and oxygen atoms in total. The number of ether oxygens (including phenoxy) is 1. The molecule has 0 radical (unpaired) electrons. The second-order valence-electron chi connectivity index (χ2n) is 6.66. The van der Waals surface area contributed by atoms with Gasteiger partial charge in [0.25, 0.3) is 0 Å². The first-order valence-corrected chi connectivity index (χ1v) is 6.87. The molecule has 0 amide bonds. The van der Waals surface area contributed by atoms with Gasteiger partial charge in [0, 0.05) is 6.54 Å². The van der Waals surface area contributed by atoms with Crippen LogP contribution in [-0.4, -0.2) is 25.2 Å². The highest BCUT2D eigenvalue weighted by Gasteiger charge is 2.35. The molecule has 3 atom stereocenters. The Kier molecular flexibility index (Phi) is 3.76. The van der Waals surface area contributed by atoms with E-state index in [0.717, 1.165) is 32.4 Å². The molecule has 3 heteroatoms. The van der Waals surface area contributed by atoms with Gasteiger partial charge in [-0.15, -0.1) is 0 Å². The lowest BCUT2D eigenvalue weighted by Gasteiger charge is -2.38. The summed E-state index contributed by atoms with van der Waals surface area (Å²) in [5.74, 6) is 0.776. The smallest absolute Gasteiger partial charge is 0.310 e. The molecule has 1 saturated heterocycles. The third-order valence-corrected chi connectivity index (χ3v) is 4.02. The SMILES string of the molecule is CC1CC(OC(=O)C2CCNC2)CC(C)(C)C1. The van der Waals surface area contributed by atoms with Crippen molar-refractivity contribution in [3.8, 4) is 0 Å². The largest absolute Gasteiger partial charge is 0.462 e. The summed E-state index contributed by atoms with van der Waals surface area (Å²) >= 11 is 0. The van der Waals surface area contributed by atoms with Gasteiger partial charge >= 0.3 is 5.97 Å². The number of hydrogen-bond acceptors (Lipinski definition) is 3. The molecular formula is C14H25NO2. The Labute approximate surface area is 104 Å². The van der Waals surface area contributed by atoms with Crippen LogP contribution < -0.4 is 5.32 Å². The van der Waals surface area contributed by atoms with Gasteiger partial charge in [-0.1, -0.05) is 20.8 Å². The average Bonchev–Trinajstić information content (AvgIpc) is 2.65. The summed E-state index contributed by atoms with van der Waals surface area (Å²) in [5, 5.41) is 3.21. The van der Waals surface area contributed by atoms with Gasteiger partial charge in [0.15, 0.2) is 0 Å². The van der Waals surface area contributed by atoms with Crippen molar-refractivity contribution >= 4 is 5.97 Å². The van der Waals surface area contributed by atoms with Crippen LogP contribution >= 0.6 is 0 Å². The second-order valence-corrected chi connectivity index (χ2v) is 6.66. The maximum Gasteiger partial charge on any atom is 0.310 e. The molecular weight excluding hydrogens is 214 g/mol. The van der Waals surface area contributed by atoms with Crippen molar-refractivity contribution in [1.29, 1.82) is 0 Å². The van der Waals surface area contributed by atoms with Crippen LogP contribution in [0.25, 0.3) is 0 Å². The zero-order valence-corrected chi connectivity index (χ0v) is 11.3.